The van der Waals surface area contributed by atoms with Crippen molar-refractivity contribution in [2.45, 2.75) is 16.7 Å². The molecule has 1 aromatic rings. The summed E-state index contributed by atoms with van der Waals surface area (Å²) in [6, 6.07) is 4.45. The molecule has 0 amide bonds. The summed E-state index contributed by atoms with van der Waals surface area (Å²) in [6.07, 6.45) is 0. The Hall–Kier alpha value is -1.49. The van der Waals surface area contributed by atoms with Crippen molar-refractivity contribution in [3.8, 4) is 0 Å². The number of aliphatic carboxylic acids is 1. The highest BCUT2D eigenvalue weighted by Gasteiger charge is 2.26. The molecule has 0 bridgehead atoms. The number of rotatable bonds is 6. The molecule has 1 rings (SSSR count). The maximum atomic E-state index is 12.2. The van der Waals surface area contributed by atoms with E-state index in [1.165, 1.54) is 19.1 Å². The van der Waals surface area contributed by atoms with Gasteiger partial charge < -0.3 is 5.11 Å². The van der Waals surface area contributed by atoms with Crippen LogP contribution >= 0.6 is 0 Å². The second-order valence-electron chi connectivity index (χ2n) is 3.84. The van der Waals surface area contributed by atoms with Crippen LogP contribution in [-0.2, 0) is 24.8 Å². The third-order valence-electron chi connectivity index (χ3n) is 2.44. The van der Waals surface area contributed by atoms with Gasteiger partial charge in [0.25, 0.3) is 0 Å². The van der Waals surface area contributed by atoms with E-state index in [-0.39, 0.29) is 16.3 Å². The van der Waals surface area contributed by atoms with Crippen molar-refractivity contribution in [1.82, 2.24) is 4.31 Å². The molecule has 0 atom stereocenters. The predicted octanol–water partition coefficient (Wildman–Crippen LogP) is -0.571. The first-order valence-corrected chi connectivity index (χ1v) is 8.42. The Morgan fingerprint density at radius 2 is 1.80 bits per heavy atom. The number of sulfonamides is 2. The predicted molar refractivity (Wildman–Crippen MR) is 69.9 cm³/mol. The molecular weight excluding hydrogens is 308 g/mol. The largest absolute Gasteiger partial charge is 0.480 e. The third-order valence-corrected chi connectivity index (χ3v) is 5.26. The van der Waals surface area contributed by atoms with E-state index in [0.717, 1.165) is 16.4 Å². The maximum Gasteiger partial charge on any atom is 0.318 e. The van der Waals surface area contributed by atoms with Crippen LogP contribution in [0.1, 0.15) is 6.92 Å². The smallest absolute Gasteiger partial charge is 0.318 e. The second-order valence-corrected chi connectivity index (χ2v) is 7.34. The Morgan fingerprint density at radius 3 is 2.25 bits per heavy atom. The van der Waals surface area contributed by atoms with Gasteiger partial charge in [0.2, 0.25) is 20.0 Å². The quantitative estimate of drug-likeness (QED) is 0.720. The molecule has 0 saturated heterocycles. The molecule has 0 unspecified atom stereocenters. The minimum Gasteiger partial charge on any atom is -0.480 e. The number of benzene rings is 1. The molecule has 112 valence electrons. The Balaban J connectivity index is 3.32. The number of nitrogens with zero attached hydrogens (tertiary/aromatic N) is 1. The molecule has 0 spiro atoms. The molecule has 0 saturated carbocycles. The molecule has 1 aromatic carbocycles. The van der Waals surface area contributed by atoms with Crippen LogP contribution < -0.4 is 5.14 Å². The fourth-order valence-electron chi connectivity index (χ4n) is 1.48. The number of carboxylic acid groups (broad SMARTS) is 1. The Kier molecular flexibility index (Phi) is 4.86. The molecule has 0 radical (unpaired) electrons. The molecule has 0 aliphatic rings. The average molecular weight is 322 g/mol. The van der Waals surface area contributed by atoms with Crippen LogP contribution in [0.5, 0.6) is 0 Å². The van der Waals surface area contributed by atoms with Crippen molar-refractivity contribution < 1.29 is 26.7 Å². The lowest BCUT2D eigenvalue weighted by atomic mass is 10.4. The van der Waals surface area contributed by atoms with Crippen LogP contribution in [0.3, 0.4) is 0 Å². The zero-order valence-electron chi connectivity index (χ0n) is 10.6. The Labute approximate surface area is 116 Å². The van der Waals surface area contributed by atoms with Gasteiger partial charge in [0.1, 0.15) is 6.54 Å². The summed E-state index contributed by atoms with van der Waals surface area (Å²) in [5.41, 5.74) is 0. The summed E-state index contributed by atoms with van der Waals surface area (Å²) in [6.45, 7) is 0.705. The van der Waals surface area contributed by atoms with Gasteiger partial charge in [-0.2, -0.15) is 4.31 Å². The standard InChI is InChI=1S/C10H14N2O6S2/c1-2-12(7-10(13)14)20(17,18)9-5-3-4-8(6-9)19(11,15)16/h3-6H,2,7H2,1H3,(H,13,14)(H2,11,15,16). The van der Waals surface area contributed by atoms with Gasteiger partial charge in [0.05, 0.1) is 9.79 Å². The summed E-state index contributed by atoms with van der Waals surface area (Å²) < 4.78 is 47.5. The minimum absolute atomic E-state index is 0.0613. The number of hydrogen-bond donors (Lipinski definition) is 2. The van der Waals surface area contributed by atoms with Gasteiger partial charge in [-0.1, -0.05) is 13.0 Å². The van der Waals surface area contributed by atoms with Gasteiger partial charge in [-0.15, -0.1) is 0 Å². The molecule has 3 N–H and O–H groups in total. The summed E-state index contributed by atoms with van der Waals surface area (Å²) in [7, 11) is -8.14. The van der Waals surface area contributed by atoms with Gasteiger partial charge in [-0.05, 0) is 18.2 Å². The molecule has 0 heterocycles. The Bertz CT molecular complexity index is 711. The van der Waals surface area contributed by atoms with Crippen molar-refractivity contribution in [2.24, 2.45) is 5.14 Å². The molecule has 20 heavy (non-hydrogen) atoms. The summed E-state index contributed by atoms with van der Waals surface area (Å²) in [5, 5.41) is 13.6. The second kappa shape index (κ2) is 5.87. The van der Waals surface area contributed by atoms with Gasteiger partial charge in [0.15, 0.2) is 0 Å². The van der Waals surface area contributed by atoms with Gasteiger partial charge in [0, 0.05) is 6.54 Å². The first kappa shape index (κ1) is 16.6. The number of hydrogen-bond acceptors (Lipinski definition) is 5. The van der Waals surface area contributed by atoms with E-state index >= 15 is 0 Å². The molecule has 0 fully saturated rings. The van der Waals surface area contributed by atoms with Crippen LogP contribution in [0.15, 0.2) is 34.1 Å². The number of nitrogens with two attached hydrogens (primary N) is 1. The maximum absolute atomic E-state index is 12.2. The molecule has 0 aromatic heterocycles. The van der Waals surface area contributed by atoms with Crippen molar-refractivity contribution in [3.05, 3.63) is 24.3 Å². The lowest BCUT2D eigenvalue weighted by molar-refractivity contribution is -0.137. The van der Waals surface area contributed by atoms with Crippen molar-refractivity contribution >= 4 is 26.0 Å². The number of primary sulfonamides is 1. The molecule has 0 aliphatic heterocycles. The fourth-order valence-corrected chi connectivity index (χ4v) is 3.56. The van der Waals surface area contributed by atoms with Crippen LogP contribution in [0.4, 0.5) is 0 Å². The van der Waals surface area contributed by atoms with E-state index in [4.69, 9.17) is 10.2 Å². The van der Waals surface area contributed by atoms with Crippen molar-refractivity contribution in [1.29, 1.82) is 0 Å². The molecule has 8 nitrogen and oxygen atoms in total. The van der Waals surface area contributed by atoms with Gasteiger partial charge >= 0.3 is 5.97 Å². The van der Waals surface area contributed by atoms with E-state index in [1.807, 2.05) is 0 Å². The van der Waals surface area contributed by atoms with Crippen molar-refractivity contribution in [3.63, 3.8) is 0 Å². The average Bonchev–Trinajstić information content (AvgIpc) is 2.34. The van der Waals surface area contributed by atoms with E-state index < -0.39 is 32.6 Å². The van der Waals surface area contributed by atoms with Crippen LogP contribution in [0, 0.1) is 0 Å². The van der Waals surface area contributed by atoms with Crippen LogP contribution in [-0.4, -0.2) is 45.3 Å². The van der Waals surface area contributed by atoms with E-state index in [1.54, 1.807) is 0 Å². The molecular formula is C10H14N2O6S2. The Morgan fingerprint density at radius 1 is 1.25 bits per heavy atom. The van der Waals surface area contributed by atoms with Crippen molar-refractivity contribution in [2.75, 3.05) is 13.1 Å². The summed E-state index contributed by atoms with van der Waals surface area (Å²) in [5.74, 6) is -1.31. The first-order valence-electron chi connectivity index (χ1n) is 5.44. The SMILES string of the molecule is CCN(CC(=O)O)S(=O)(=O)c1cccc(S(N)(=O)=O)c1. The highest BCUT2D eigenvalue weighted by atomic mass is 32.2. The number of likely N-dealkylation sites (N-methyl/N-ethyl adjacent to an activating group) is 1. The number of carbonyl (C=O) groups is 1. The lowest BCUT2D eigenvalue weighted by Crippen LogP contribution is -2.35. The number of carboxylic acids is 1. The zero-order valence-corrected chi connectivity index (χ0v) is 12.2. The molecule has 0 aliphatic carbocycles. The summed E-state index contributed by atoms with van der Waals surface area (Å²) in [4.78, 5) is 9.97. The fraction of sp³-hybridized carbons (Fsp3) is 0.300. The highest BCUT2D eigenvalue weighted by Crippen LogP contribution is 2.18. The summed E-state index contributed by atoms with van der Waals surface area (Å²) >= 11 is 0. The van der Waals surface area contributed by atoms with E-state index in [0.29, 0.717) is 0 Å². The first-order chi connectivity index (χ1) is 9.09. The van der Waals surface area contributed by atoms with Gasteiger partial charge in [-0.25, -0.2) is 22.0 Å². The van der Waals surface area contributed by atoms with Crippen LogP contribution in [0.2, 0.25) is 0 Å². The normalized spacial score (nSPS) is 12.6. The topological polar surface area (TPSA) is 135 Å². The van der Waals surface area contributed by atoms with E-state index in [2.05, 4.69) is 0 Å². The van der Waals surface area contributed by atoms with E-state index in [9.17, 15) is 21.6 Å². The zero-order chi connectivity index (χ0) is 15.6. The monoisotopic (exact) mass is 322 g/mol. The third kappa shape index (κ3) is 3.76. The molecule has 10 heteroatoms. The minimum atomic E-state index is -4.10. The highest BCUT2D eigenvalue weighted by molar-refractivity contribution is 7.90. The lowest BCUT2D eigenvalue weighted by Gasteiger charge is -2.18. The van der Waals surface area contributed by atoms with Crippen LogP contribution in [0.25, 0.3) is 0 Å². The van der Waals surface area contributed by atoms with Gasteiger partial charge in [-0.3, -0.25) is 4.79 Å².